The molecule has 1 aromatic carbocycles. The Hall–Kier alpha value is -2.45. The van der Waals surface area contributed by atoms with Gasteiger partial charge >= 0.3 is 0 Å². The molecule has 2 unspecified atom stereocenters. The van der Waals surface area contributed by atoms with Gasteiger partial charge in [-0.3, -0.25) is 14.4 Å². The van der Waals surface area contributed by atoms with Gasteiger partial charge in [-0.1, -0.05) is 32.0 Å². The summed E-state index contributed by atoms with van der Waals surface area (Å²) in [5.74, 6) is -2.23. The van der Waals surface area contributed by atoms with Crippen LogP contribution in [-0.2, 0) is 19.1 Å². The Kier molecular flexibility index (Phi) is 6.50. The van der Waals surface area contributed by atoms with Crippen LogP contribution in [0.25, 0.3) is 0 Å². The lowest BCUT2D eigenvalue weighted by Gasteiger charge is -2.36. The van der Waals surface area contributed by atoms with Crippen LogP contribution in [0.15, 0.2) is 18.2 Å². The summed E-state index contributed by atoms with van der Waals surface area (Å²) in [6, 6.07) is 4.33. The van der Waals surface area contributed by atoms with E-state index in [4.69, 9.17) is 4.74 Å². The fourth-order valence-corrected chi connectivity index (χ4v) is 6.43. The van der Waals surface area contributed by atoms with Gasteiger partial charge in [0.25, 0.3) is 0 Å². The zero-order valence-corrected chi connectivity index (χ0v) is 20.8. The van der Waals surface area contributed by atoms with Crippen LogP contribution in [0.4, 0.5) is 5.69 Å². The predicted molar refractivity (Wildman–Crippen MR) is 128 cm³/mol. The third-order valence-electron chi connectivity index (χ3n) is 8.10. The number of para-hydroxylation sites is 1. The first-order valence-electron chi connectivity index (χ1n) is 12.4. The highest BCUT2D eigenvalue weighted by molar-refractivity contribution is 6.04. The lowest BCUT2D eigenvalue weighted by molar-refractivity contribution is -0.148. The first-order chi connectivity index (χ1) is 16.1. The van der Waals surface area contributed by atoms with Gasteiger partial charge in [-0.2, -0.15) is 0 Å². The lowest BCUT2D eigenvalue weighted by Crippen LogP contribution is -2.56. The minimum atomic E-state index is -1.09. The molecule has 8 heteroatoms. The van der Waals surface area contributed by atoms with E-state index in [2.05, 4.69) is 10.6 Å². The van der Waals surface area contributed by atoms with E-state index in [9.17, 15) is 19.5 Å². The normalized spacial score (nSPS) is 32.6. The fraction of sp³-hybridized carbons (Fsp3) is 0.654. The third kappa shape index (κ3) is 3.53. The van der Waals surface area contributed by atoms with Crippen molar-refractivity contribution < 1.29 is 24.2 Å². The highest BCUT2D eigenvalue weighted by Crippen LogP contribution is 2.63. The van der Waals surface area contributed by atoms with Crippen LogP contribution in [0, 0.1) is 25.7 Å². The standard InChI is InChI=1S/C26H37N3O5/c1-6-13-27-22(31)18-19-24(33)29(17(7-2)14-30)21(26(19)12-11-25(18,5)34-26)23(32)28-20-15(3)9-8-10-16(20)4/h8-10,17-19,21,30H,6-7,11-14H2,1-5H3,(H,27,31)(H,28,32)/t17-,18+,19-,21?,25-,26?/m0/s1. The number of carbonyl (C=O) groups is 3. The summed E-state index contributed by atoms with van der Waals surface area (Å²) in [5.41, 5.74) is 0.666. The van der Waals surface area contributed by atoms with Crippen molar-refractivity contribution in [3.05, 3.63) is 29.3 Å². The predicted octanol–water partition coefficient (Wildman–Crippen LogP) is 2.30. The molecule has 6 atom stereocenters. The van der Waals surface area contributed by atoms with Gasteiger partial charge in [0.2, 0.25) is 17.7 Å². The van der Waals surface area contributed by atoms with E-state index in [-0.39, 0.29) is 24.3 Å². The van der Waals surface area contributed by atoms with Crippen molar-refractivity contribution in [2.24, 2.45) is 11.8 Å². The van der Waals surface area contributed by atoms with Crippen LogP contribution in [0.1, 0.15) is 57.6 Å². The van der Waals surface area contributed by atoms with Gasteiger partial charge in [0.15, 0.2) is 0 Å². The van der Waals surface area contributed by atoms with Gasteiger partial charge < -0.3 is 25.4 Å². The summed E-state index contributed by atoms with van der Waals surface area (Å²) in [5, 5.41) is 16.1. The highest BCUT2D eigenvalue weighted by Gasteiger charge is 2.78. The number of likely N-dealkylation sites (tertiary alicyclic amines) is 1. The molecule has 3 aliphatic rings. The van der Waals surface area contributed by atoms with Crippen molar-refractivity contribution >= 4 is 23.4 Å². The molecule has 3 aliphatic heterocycles. The van der Waals surface area contributed by atoms with Crippen molar-refractivity contribution in [1.82, 2.24) is 10.2 Å². The van der Waals surface area contributed by atoms with Crippen LogP contribution >= 0.6 is 0 Å². The SMILES string of the molecule is CCCNC(=O)[C@H]1[C@H]2C(=O)N([C@@H](CC)CO)C(C(=O)Nc3c(C)cccc3C)C23CC[C@]1(C)O3. The third-order valence-corrected chi connectivity index (χ3v) is 8.10. The van der Waals surface area contributed by atoms with Crippen molar-refractivity contribution in [1.29, 1.82) is 0 Å². The number of nitrogens with zero attached hydrogens (tertiary/aromatic N) is 1. The molecule has 3 amide bonds. The molecule has 0 radical (unpaired) electrons. The summed E-state index contributed by atoms with van der Waals surface area (Å²) < 4.78 is 6.59. The quantitative estimate of drug-likeness (QED) is 0.539. The lowest BCUT2D eigenvalue weighted by atomic mass is 9.66. The number of nitrogens with one attached hydrogen (secondary N) is 2. The van der Waals surface area contributed by atoms with Crippen LogP contribution in [-0.4, -0.2) is 64.2 Å². The second-order valence-electron chi connectivity index (χ2n) is 10.3. The summed E-state index contributed by atoms with van der Waals surface area (Å²) in [4.78, 5) is 42.6. The van der Waals surface area contributed by atoms with Crippen LogP contribution < -0.4 is 10.6 Å². The summed E-state index contributed by atoms with van der Waals surface area (Å²) >= 11 is 0. The number of amides is 3. The number of aryl methyl sites for hydroxylation is 2. The van der Waals surface area contributed by atoms with E-state index in [0.717, 1.165) is 17.5 Å². The minimum Gasteiger partial charge on any atom is -0.394 e. The minimum absolute atomic E-state index is 0.197. The van der Waals surface area contributed by atoms with E-state index >= 15 is 0 Å². The van der Waals surface area contributed by atoms with Gasteiger partial charge in [-0.25, -0.2) is 0 Å². The molecule has 4 rings (SSSR count). The molecule has 2 bridgehead atoms. The van der Waals surface area contributed by atoms with E-state index in [1.165, 1.54) is 4.90 Å². The molecular formula is C26H37N3O5. The number of anilines is 1. The molecule has 3 heterocycles. The molecule has 1 aromatic rings. The Bertz CT molecular complexity index is 972. The van der Waals surface area contributed by atoms with Crippen molar-refractivity contribution in [3.8, 4) is 0 Å². The molecule has 3 N–H and O–H groups in total. The average molecular weight is 472 g/mol. The monoisotopic (exact) mass is 471 g/mol. The maximum atomic E-state index is 13.9. The topological polar surface area (TPSA) is 108 Å². The molecule has 3 fully saturated rings. The molecule has 0 aromatic heterocycles. The first-order valence-corrected chi connectivity index (χ1v) is 12.4. The number of hydrogen-bond donors (Lipinski definition) is 3. The second-order valence-corrected chi connectivity index (χ2v) is 10.3. The molecule has 34 heavy (non-hydrogen) atoms. The van der Waals surface area contributed by atoms with E-state index in [1.54, 1.807) is 0 Å². The Morgan fingerprint density at radius 1 is 1.21 bits per heavy atom. The zero-order valence-electron chi connectivity index (χ0n) is 20.8. The zero-order chi connectivity index (χ0) is 24.8. The second kappa shape index (κ2) is 8.96. The number of rotatable bonds is 8. The molecule has 3 saturated heterocycles. The van der Waals surface area contributed by atoms with Crippen molar-refractivity contribution in [2.75, 3.05) is 18.5 Å². The van der Waals surface area contributed by atoms with Crippen molar-refractivity contribution in [3.63, 3.8) is 0 Å². The molecule has 0 saturated carbocycles. The Morgan fingerprint density at radius 2 is 1.88 bits per heavy atom. The molecule has 0 aliphatic carbocycles. The number of fused-ring (bicyclic) bond motifs is 1. The van der Waals surface area contributed by atoms with Crippen LogP contribution in [0.3, 0.4) is 0 Å². The van der Waals surface area contributed by atoms with Crippen molar-refractivity contribution in [2.45, 2.75) is 83.6 Å². The number of aliphatic hydroxyl groups is 1. The number of benzene rings is 1. The van der Waals surface area contributed by atoms with Gasteiger partial charge in [0.05, 0.1) is 30.1 Å². The highest BCUT2D eigenvalue weighted by atomic mass is 16.5. The van der Waals surface area contributed by atoms with Gasteiger partial charge in [0, 0.05) is 12.2 Å². The number of aliphatic hydroxyl groups excluding tert-OH is 1. The Morgan fingerprint density at radius 3 is 2.47 bits per heavy atom. The number of hydrogen-bond acceptors (Lipinski definition) is 5. The van der Waals surface area contributed by atoms with Gasteiger partial charge in [-0.05, 0) is 57.6 Å². The van der Waals surface area contributed by atoms with Crippen LogP contribution in [0.5, 0.6) is 0 Å². The summed E-state index contributed by atoms with van der Waals surface area (Å²) in [6.07, 6.45) is 2.38. The van der Waals surface area contributed by atoms with Gasteiger partial charge in [0.1, 0.15) is 11.6 Å². The summed E-state index contributed by atoms with van der Waals surface area (Å²) in [7, 11) is 0. The molecular weight excluding hydrogens is 434 g/mol. The van der Waals surface area contributed by atoms with E-state index < -0.39 is 35.1 Å². The largest absolute Gasteiger partial charge is 0.394 e. The fourth-order valence-electron chi connectivity index (χ4n) is 6.43. The smallest absolute Gasteiger partial charge is 0.250 e. The molecule has 1 spiro atoms. The Labute approximate surface area is 201 Å². The Balaban J connectivity index is 1.77. The maximum absolute atomic E-state index is 13.9. The molecule has 8 nitrogen and oxygen atoms in total. The van der Waals surface area contributed by atoms with Gasteiger partial charge in [-0.15, -0.1) is 0 Å². The molecule has 186 valence electrons. The first kappa shape index (κ1) is 24.7. The average Bonchev–Trinajstić information content (AvgIpc) is 3.37. The van der Waals surface area contributed by atoms with E-state index in [0.29, 0.717) is 31.5 Å². The van der Waals surface area contributed by atoms with E-state index in [1.807, 2.05) is 52.8 Å². The number of carbonyl (C=O) groups excluding carboxylic acids is 3. The maximum Gasteiger partial charge on any atom is 0.250 e. The summed E-state index contributed by atoms with van der Waals surface area (Å²) in [6.45, 7) is 9.86. The number of ether oxygens (including phenoxy) is 1. The van der Waals surface area contributed by atoms with Crippen LogP contribution in [0.2, 0.25) is 0 Å².